The first-order valence-corrected chi connectivity index (χ1v) is 13.8. The van der Waals surface area contributed by atoms with Gasteiger partial charge in [0.05, 0.1) is 11.2 Å². The van der Waals surface area contributed by atoms with Crippen LogP contribution in [0.4, 0.5) is 10.6 Å². The Kier molecular flexibility index (Phi) is 10.7. The minimum absolute atomic E-state index is 0. The number of rotatable bonds is 7. The van der Waals surface area contributed by atoms with Crippen LogP contribution in [-0.4, -0.2) is 93.6 Å². The lowest BCUT2D eigenvalue weighted by molar-refractivity contribution is -0.137. The van der Waals surface area contributed by atoms with Crippen molar-refractivity contribution >= 4 is 30.2 Å². The van der Waals surface area contributed by atoms with E-state index in [0.717, 1.165) is 38.6 Å². The number of urea groups is 1. The van der Waals surface area contributed by atoms with Gasteiger partial charge in [-0.2, -0.15) is 4.98 Å². The van der Waals surface area contributed by atoms with Crippen LogP contribution in [0.2, 0.25) is 0 Å². The maximum absolute atomic E-state index is 12.7. The third-order valence-electron chi connectivity index (χ3n) is 7.78. The van der Waals surface area contributed by atoms with Crippen LogP contribution in [0.3, 0.4) is 0 Å². The average Bonchev–Trinajstić information content (AvgIpc) is 2.92. The Bertz CT molecular complexity index is 1200. The molecule has 11 nitrogen and oxygen atoms in total. The normalized spacial score (nSPS) is 19.8. The zero-order valence-electron chi connectivity index (χ0n) is 23.7. The Morgan fingerprint density at radius 3 is 2.20 bits per heavy atom. The summed E-state index contributed by atoms with van der Waals surface area (Å²) in [6.45, 7) is 5.89. The van der Waals surface area contributed by atoms with Crippen LogP contribution in [0.1, 0.15) is 45.1 Å². The van der Waals surface area contributed by atoms with Crippen LogP contribution in [0.5, 0.6) is 0 Å². The van der Waals surface area contributed by atoms with E-state index in [1.807, 2.05) is 24.3 Å². The van der Waals surface area contributed by atoms with Crippen LogP contribution < -0.4 is 22.5 Å². The Hall–Kier alpha value is -2.99. The number of nitrogens with one attached hydrogen (secondary N) is 1. The van der Waals surface area contributed by atoms with Crippen LogP contribution in [0.15, 0.2) is 41.3 Å². The molecule has 2 fully saturated rings. The number of benzene rings is 1. The molecule has 1 aliphatic heterocycles. The van der Waals surface area contributed by atoms with Gasteiger partial charge in [0, 0.05) is 51.0 Å². The highest BCUT2D eigenvalue weighted by atomic mass is 35.5. The van der Waals surface area contributed by atoms with Gasteiger partial charge in [0.1, 0.15) is 5.82 Å². The highest BCUT2D eigenvalue weighted by Crippen LogP contribution is 2.21. The Morgan fingerprint density at radius 1 is 1.02 bits per heavy atom. The smallest absolute Gasteiger partial charge is 0.338 e. The molecule has 3 amide bonds. The van der Waals surface area contributed by atoms with Crippen molar-refractivity contribution in [2.75, 3.05) is 45.1 Å². The van der Waals surface area contributed by atoms with Gasteiger partial charge < -0.3 is 26.2 Å². The van der Waals surface area contributed by atoms with E-state index in [0.29, 0.717) is 44.0 Å². The highest BCUT2D eigenvalue weighted by Gasteiger charge is 2.31. The Labute approximate surface area is 242 Å². The molecule has 2 aromatic rings. The molecule has 2 aliphatic rings. The molecule has 0 atom stereocenters. The van der Waals surface area contributed by atoms with Crippen LogP contribution >= 0.6 is 12.4 Å². The summed E-state index contributed by atoms with van der Waals surface area (Å²) in [4.78, 5) is 47.5. The van der Waals surface area contributed by atoms with E-state index in [1.54, 1.807) is 35.9 Å². The molecule has 12 heteroatoms. The fraction of sp³-hybridized carbons (Fsp3) is 0.571. The molecular formula is C28H43ClN8O3. The van der Waals surface area contributed by atoms with Gasteiger partial charge >= 0.3 is 11.7 Å². The number of hydrogen-bond acceptors (Lipinski definition) is 7. The maximum atomic E-state index is 12.7. The molecule has 0 bridgehead atoms. The summed E-state index contributed by atoms with van der Waals surface area (Å²) >= 11 is 0. The van der Waals surface area contributed by atoms with Crippen LogP contribution in [0, 0.1) is 0 Å². The summed E-state index contributed by atoms with van der Waals surface area (Å²) in [5.74, 6) is 0.0458. The predicted octanol–water partition coefficient (Wildman–Crippen LogP) is 1.81. The number of likely N-dealkylation sites (N-methyl/N-ethyl adjacent to an activating group) is 1. The zero-order valence-corrected chi connectivity index (χ0v) is 24.5. The van der Waals surface area contributed by atoms with Crippen molar-refractivity contribution in [1.29, 1.82) is 0 Å². The lowest BCUT2D eigenvalue weighted by atomic mass is 9.91. The van der Waals surface area contributed by atoms with Crippen LogP contribution in [-0.2, 0) is 11.2 Å². The van der Waals surface area contributed by atoms with Gasteiger partial charge in [0.2, 0.25) is 5.91 Å². The lowest BCUT2D eigenvalue weighted by Crippen LogP contribution is -2.58. The molecule has 220 valence electrons. The van der Waals surface area contributed by atoms with Gasteiger partial charge in [0.15, 0.2) is 0 Å². The zero-order chi connectivity index (χ0) is 28.2. The van der Waals surface area contributed by atoms with Crippen molar-refractivity contribution in [3.8, 4) is 5.69 Å². The van der Waals surface area contributed by atoms with Crippen molar-refractivity contribution in [3.05, 3.63) is 52.6 Å². The first kappa shape index (κ1) is 31.5. The molecule has 1 aromatic heterocycles. The molecule has 1 aliphatic carbocycles. The fourth-order valence-electron chi connectivity index (χ4n) is 5.23. The molecule has 2 heterocycles. The van der Waals surface area contributed by atoms with E-state index in [2.05, 4.69) is 22.2 Å². The van der Waals surface area contributed by atoms with Crippen LogP contribution in [0.25, 0.3) is 5.69 Å². The van der Waals surface area contributed by atoms with E-state index < -0.39 is 11.2 Å². The van der Waals surface area contributed by atoms with E-state index in [9.17, 15) is 14.4 Å². The van der Waals surface area contributed by atoms with Crippen molar-refractivity contribution in [3.63, 3.8) is 0 Å². The highest BCUT2D eigenvalue weighted by molar-refractivity contribution is 5.89. The standard InChI is InChI=1S/C28H42N8O3.ClH/c1-28(2,30)25(37)34-16-18-35(19-17-34)26(38)31-24-13-15-36(27(39)32-24)23-8-4-20(5-9-23)12-14-33(3)22-10-6-21(29)7-11-22;/h4-5,8-9,13,15,21-22H,6-7,10-12,14,16-19,29-30H2,1-3H3,(H,31,32,38,39);1H. The van der Waals surface area contributed by atoms with Gasteiger partial charge in [-0.05, 0) is 76.8 Å². The number of amides is 3. The molecule has 0 spiro atoms. The van der Waals surface area contributed by atoms with Crippen molar-refractivity contribution in [2.24, 2.45) is 11.5 Å². The van der Waals surface area contributed by atoms with Gasteiger partial charge in [-0.1, -0.05) is 12.1 Å². The monoisotopic (exact) mass is 574 g/mol. The lowest BCUT2D eigenvalue weighted by Gasteiger charge is -2.37. The van der Waals surface area contributed by atoms with Crippen molar-refractivity contribution < 1.29 is 9.59 Å². The minimum Gasteiger partial charge on any atom is -0.338 e. The van der Waals surface area contributed by atoms with Gasteiger partial charge in [-0.15, -0.1) is 12.4 Å². The summed E-state index contributed by atoms with van der Waals surface area (Å²) in [5.41, 5.74) is 12.4. The van der Waals surface area contributed by atoms with Gasteiger partial charge in [-0.3, -0.25) is 14.7 Å². The number of carbonyl (C=O) groups excluding carboxylic acids is 2. The number of carbonyl (C=O) groups is 2. The molecule has 1 saturated heterocycles. The van der Waals surface area contributed by atoms with E-state index in [4.69, 9.17) is 11.5 Å². The third-order valence-corrected chi connectivity index (χ3v) is 7.78. The van der Waals surface area contributed by atoms with Gasteiger partial charge in [0.25, 0.3) is 0 Å². The minimum atomic E-state index is -0.945. The number of aromatic nitrogens is 2. The van der Waals surface area contributed by atoms with Crippen molar-refractivity contribution in [2.45, 2.75) is 63.6 Å². The SMILES string of the molecule is CN(CCc1ccc(-n2ccc(NC(=O)N3CCN(C(=O)C(C)(C)N)CC3)nc2=O)cc1)C1CCC(N)CC1.Cl. The van der Waals surface area contributed by atoms with Crippen molar-refractivity contribution in [1.82, 2.24) is 24.3 Å². The first-order valence-electron chi connectivity index (χ1n) is 13.8. The van der Waals surface area contributed by atoms with Gasteiger partial charge in [-0.25, -0.2) is 9.59 Å². The second-order valence-electron chi connectivity index (χ2n) is 11.4. The summed E-state index contributed by atoms with van der Waals surface area (Å²) in [6.07, 6.45) is 7.07. The summed E-state index contributed by atoms with van der Waals surface area (Å²) in [5, 5.41) is 2.69. The number of halogens is 1. The second kappa shape index (κ2) is 13.6. The molecule has 1 saturated carbocycles. The number of nitrogens with zero attached hydrogens (tertiary/aromatic N) is 5. The van der Waals surface area contributed by atoms with E-state index in [1.165, 1.54) is 10.1 Å². The summed E-state index contributed by atoms with van der Waals surface area (Å²) < 4.78 is 1.45. The Balaban J connectivity index is 0.00000441. The second-order valence-corrected chi connectivity index (χ2v) is 11.4. The maximum Gasteiger partial charge on any atom is 0.354 e. The topological polar surface area (TPSA) is 143 Å². The summed E-state index contributed by atoms with van der Waals surface area (Å²) in [6, 6.07) is 10.1. The third kappa shape index (κ3) is 8.03. The number of hydrogen-bond donors (Lipinski definition) is 3. The summed E-state index contributed by atoms with van der Waals surface area (Å²) in [7, 11) is 2.19. The number of nitrogens with two attached hydrogens (primary N) is 2. The number of piperazine rings is 1. The Morgan fingerprint density at radius 2 is 1.62 bits per heavy atom. The predicted molar refractivity (Wildman–Crippen MR) is 159 cm³/mol. The first-order chi connectivity index (χ1) is 18.5. The molecular weight excluding hydrogens is 532 g/mol. The van der Waals surface area contributed by atoms with E-state index in [-0.39, 0.29) is 30.2 Å². The molecule has 0 unspecified atom stereocenters. The molecule has 1 aromatic carbocycles. The average molecular weight is 575 g/mol. The quantitative estimate of drug-likeness (QED) is 0.457. The molecule has 40 heavy (non-hydrogen) atoms. The molecule has 4 rings (SSSR count). The largest absolute Gasteiger partial charge is 0.354 e. The van der Waals surface area contributed by atoms with E-state index >= 15 is 0 Å². The molecule has 5 N–H and O–H groups in total. The number of anilines is 1. The molecule has 0 radical (unpaired) electrons. The fourth-order valence-corrected chi connectivity index (χ4v) is 5.23.